The Morgan fingerprint density at radius 2 is 1.96 bits per heavy atom. The first-order valence-electron chi connectivity index (χ1n) is 8.75. The van der Waals surface area contributed by atoms with Gasteiger partial charge in [-0.1, -0.05) is 30.3 Å². The molecule has 0 saturated heterocycles. The van der Waals surface area contributed by atoms with Crippen LogP contribution in [-0.2, 0) is 17.8 Å². The van der Waals surface area contributed by atoms with E-state index in [1.165, 1.54) is 5.56 Å². The van der Waals surface area contributed by atoms with Crippen molar-refractivity contribution in [2.75, 3.05) is 6.54 Å². The van der Waals surface area contributed by atoms with Crippen molar-refractivity contribution in [3.63, 3.8) is 0 Å². The zero-order chi connectivity index (χ0) is 18.3. The first-order chi connectivity index (χ1) is 12.5. The summed E-state index contributed by atoms with van der Waals surface area (Å²) in [6, 6.07) is 9.81. The van der Waals surface area contributed by atoms with Crippen LogP contribution in [0.25, 0.3) is 11.6 Å². The van der Waals surface area contributed by atoms with Crippen molar-refractivity contribution < 1.29 is 9.21 Å². The Hall–Kier alpha value is -2.96. The molecule has 7 nitrogen and oxygen atoms in total. The molecule has 0 unspecified atom stereocenters. The molecule has 0 N–H and O–H groups in total. The highest BCUT2D eigenvalue weighted by Gasteiger charge is 2.34. The Balaban J connectivity index is 1.59. The number of carbonyl (C=O) groups is 1. The maximum absolute atomic E-state index is 12.9. The summed E-state index contributed by atoms with van der Waals surface area (Å²) in [6.07, 6.45) is 0.820. The van der Waals surface area contributed by atoms with E-state index in [9.17, 15) is 4.79 Å². The summed E-state index contributed by atoms with van der Waals surface area (Å²) < 4.78 is 7.55. The second kappa shape index (κ2) is 6.40. The molecule has 7 heteroatoms. The maximum Gasteiger partial charge on any atom is 0.245 e. The number of nitrogens with zero attached hydrogens (tertiary/aromatic N) is 5. The lowest BCUT2D eigenvalue weighted by Crippen LogP contribution is -2.42. The summed E-state index contributed by atoms with van der Waals surface area (Å²) in [6.45, 7) is 6.66. The third-order valence-electron chi connectivity index (χ3n) is 4.77. The molecular weight excluding hydrogens is 330 g/mol. The molecule has 1 aromatic carbocycles. The molecule has 0 aliphatic carbocycles. The van der Waals surface area contributed by atoms with Gasteiger partial charge in [-0.25, -0.2) is 4.98 Å². The number of hydrogen-bond acceptors (Lipinski definition) is 5. The first-order valence-corrected chi connectivity index (χ1v) is 8.75. The van der Waals surface area contributed by atoms with Crippen molar-refractivity contribution >= 4 is 5.91 Å². The number of rotatable bonds is 4. The fraction of sp³-hybridized carbons (Fsp3) is 0.368. The quantitative estimate of drug-likeness (QED) is 0.722. The Bertz CT molecular complexity index is 944. The van der Waals surface area contributed by atoms with E-state index in [1.807, 2.05) is 41.5 Å². The van der Waals surface area contributed by atoms with E-state index in [1.54, 1.807) is 6.92 Å². The molecule has 0 saturated carbocycles. The Morgan fingerprint density at radius 1 is 1.19 bits per heavy atom. The van der Waals surface area contributed by atoms with Gasteiger partial charge >= 0.3 is 0 Å². The minimum absolute atomic E-state index is 0.0726. The SMILES string of the molecule is Cc1nc(C)c(-c2nnc3n2[C@@H](C)C(=O)N(CCc2ccccc2)C3)o1. The van der Waals surface area contributed by atoms with Crippen LogP contribution in [0.4, 0.5) is 0 Å². The van der Waals surface area contributed by atoms with Crippen LogP contribution in [0.1, 0.15) is 35.9 Å². The van der Waals surface area contributed by atoms with Crippen molar-refractivity contribution in [1.82, 2.24) is 24.6 Å². The van der Waals surface area contributed by atoms with Gasteiger partial charge in [0.05, 0.1) is 12.2 Å². The van der Waals surface area contributed by atoms with Crippen molar-refractivity contribution in [1.29, 1.82) is 0 Å². The van der Waals surface area contributed by atoms with E-state index in [0.29, 0.717) is 30.6 Å². The van der Waals surface area contributed by atoms with Crippen LogP contribution in [0.15, 0.2) is 34.7 Å². The average Bonchev–Trinajstić information content (AvgIpc) is 3.20. The number of carbonyl (C=O) groups excluding carboxylic acids is 1. The van der Waals surface area contributed by atoms with Crippen LogP contribution in [-0.4, -0.2) is 37.1 Å². The summed E-state index contributed by atoms with van der Waals surface area (Å²) in [5.74, 6) is 2.58. The van der Waals surface area contributed by atoms with Gasteiger partial charge < -0.3 is 9.32 Å². The summed E-state index contributed by atoms with van der Waals surface area (Å²) >= 11 is 0. The van der Waals surface area contributed by atoms with Gasteiger partial charge in [-0.2, -0.15) is 0 Å². The molecule has 4 rings (SSSR count). The number of fused-ring (bicyclic) bond motifs is 1. The van der Waals surface area contributed by atoms with Gasteiger partial charge in [0.2, 0.25) is 11.7 Å². The summed E-state index contributed by atoms with van der Waals surface area (Å²) in [5.41, 5.74) is 1.97. The molecule has 0 spiro atoms. The van der Waals surface area contributed by atoms with E-state index >= 15 is 0 Å². The number of hydrogen-bond donors (Lipinski definition) is 0. The fourth-order valence-corrected chi connectivity index (χ4v) is 3.45. The molecule has 1 amide bonds. The molecule has 0 fully saturated rings. The summed E-state index contributed by atoms with van der Waals surface area (Å²) in [7, 11) is 0. The van der Waals surface area contributed by atoms with E-state index in [4.69, 9.17) is 4.42 Å². The van der Waals surface area contributed by atoms with E-state index in [-0.39, 0.29) is 11.9 Å². The van der Waals surface area contributed by atoms with Crippen LogP contribution in [0, 0.1) is 13.8 Å². The van der Waals surface area contributed by atoms with Gasteiger partial charge in [0, 0.05) is 13.5 Å². The Kier molecular flexibility index (Phi) is 4.06. The second-order valence-corrected chi connectivity index (χ2v) is 6.63. The predicted molar refractivity (Wildman–Crippen MR) is 95.3 cm³/mol. The Morgan fingerprint density at radius 3 is 2.65 bits per heavy atom. The predicted octanol–water partition coefficient (Wildman–Crippen LogP) is 2.70. The van der Waals surface area contributed by atoms with E-state index in [2.05, 4.69) is 27.3 Å². The monoisotopic (exact) mass is 351 g/mol. The first kappa shape index (κ1) is 16.5. The van der Waals surface area contributed by atoms with Gasteiger partial charge in [0.15, 0.2) is 17.5 Å². The minimum Gasteiger partial charge on any atom is -0.437 e. The van der Waals surface area contributed by atoms with Crippen molar-refractivity contribution in [2.24, 2.45) is 0 Å². The van der Waals surface area contributed by atoms with E-state index < -0.39 is 0 Å². The van der Waals surface area contributed by atoms with Gasteiger partial charge in [-0.3, -0.25) is 9.36 Å². The molecule has 2 aromatic heterocycles. The van der Waals surface area contributed by atoms with Crippen molar-refractivity contribution in [3.8, 4) is 11.6 Å². The highest BCUT2D eigenvalue weighted by molar-refractivity contribution is 5.82. The number of amides is 1. The van der Waals surface area contributed by atoms with Crippen LogP contribution in [0.3, 0.4) is 0 Å². The summed E-state index contributed by atoms with van der Waals surface area (Å²) in [5, 5.41) is 8.58. The van der Waals surface area contributed by atoms with Gasteiger partial charge in [0.25, 0.3) is 0 Å². The van der Waals surface area contributed by atoms with Crippen LogP contribution in [0.2, 0.25) is 0 Å². The van der Waals surface area contributed by atoms with Crippen LogP contribution < -0.4 is 0 Å². The number of benzene rings is 1. The molecule has 26 heavy (non-hydrogen) atoms. The van der Waals surface area contributed by atoms with Gasteiger partial charge in [-0.15, -0.1) is 10.2 Å². The standard InChI is InChI=1S/C19H21N5O2/c1-12-17(26-14(3)20-12)18-22-21-16-11-23(19(25)13(2)24(16)18)10-9-15-7-5-4-6-8-15/h4-8,13H,9-11H2,1-3H3/t13-/m0/s1. The van der Waals surface area contributed by atoms with Gasteiger partial charge in [0.1, 0.15) is 6.04 Å². The topological polar surface area (TPSA) is 77.1 Å². The second-order valence-electron chi connectivity index (χ2n) is 6.63. The van der Waals surface area contributed by atoms with Crippen molar-refractivity contribution in [3.05, 3.63) is 53.3 Å². The lowest BCUT2D eigenvalue weighted by molar-refractivity contribution is -0.136. The molecule has 0 bridgehead atoms. The highest BCUT2D eigenvalue weighted by Crippen LogP contribution is 2.30. The molecule has 1 aliphatic heterocycles. The largest absolute Gasteiger partial charge is 0.437 e. The van der Waals surface area contributed by atoms with E-state index in [0.717, 1.165) is 17.9 Å². The highest BCUT2D eigenvalue weighted by atomic mass is 16.4. The van der Waals surface area contributed by atoms with Crippen LogP contribution >= 0.6 is 0 Å². The molecule has 1 aliphatic rings. The zero-order valence-electron chi connectivity index (χ0n) is 15.1. The smallest absolute Gasteiger partial charge is 0.245 e. The minimum atomic E-state index is -0.371. The normalized spacial score (nSPS) is 16.8. The lowest BCUT2D eigenvalue weighted by Gasteiger charge is -2.32. The lowest BCUT2D eigenvalue weighted by atomic mass is 10.1. The third kappa shape index (κ3) is 2.79. The number of oxazole rings is 1. The molecular formula is C19H21N5O2. The molecule has 0 radical (unpaired) electrons. The molecule has 134 valence electrons. The van der Waals surface area contributed by atoms with Gasteiger partial charge in [-0.05, 0) is 25.8 Å². The third-order valence-corrected chi connectivity index (χ3v) is 4.77. The maximum atomic E-state index is 12.9. The number of aryl methyl sites for hydroxylation is 2. The molecule has 3 aromatic rings. The van der Waals surface area contributed by atoms with Crippen molar-refractivity contribution in [2.45, 2.75) is 39.8 Å². The number of aromatic nitrogens is 4. The molecule has 3 heterocycles. The average molecular weight is 351 g/mol. The zero-order valence-corrected chi connectivity index (χ0v) is 15.1. The fourth-order valence-electron chi connectivity index (χ4n) is 3.45. The molecule has 1 atom stereocenters. The van der Waals surface area contributed by atoms with Crippen LogP contribution in [0.5, 0.6) is 0 Å². The summed E-state index contributed by atoms with van der Waals surface area (Å²) in [4.78, 5) is 19.0. The Labute approximate surface area is 151 Å².